The van der Waals surface area contributed by atoms with E-state index in [2.05, 4.69) is 4.98 Å². The second-order valence-electron chi connectivity index (χ2n) is 4.59. The molecule has 7 heteroatoms. The van der Waals surface area contributed by atoms with Crippen molar-refractivity contribution in [3.63, 3.8) is 0 Å². The fourth-order valence-electron chi connectivity index (χ4n) is 1.90. The molecule has 3 N–H and O–H groups in total. The molecule has 2 rings (SSSR count). The van der Waals surface area contributed by atoms with Crippen LogP contribution in [0.25, 0.3) is 10.9 Å². The molecule has 1 amide bonds. The second kappa shape index (κ2) is 5.07. The molecule has 0 fully saturated rings. The van der Waals surface area contributed by atoms with Crippen molar-refractivity contribution < 1.29 is 18.0 Å². The fraction of sp³-hybridized carbons (Fsp3) is 0.308. The number of carbonyl (C=O) groups excluding carboxylic acids is 1. The van der Waals surface area contributed by atoms with Crippen LogP contribution >= 0.6 is 0 Å². The maximum absolute atomic E-state index is 12.1. The number of H-pyrrole nitrogens is 1. The third-order valence-electron chi connectivity index (χ3n) is 3.00. The van der Waals surface area contributed by atoms with Crippen LogP contribution in [0.4, 0.5) is 18.9 Å². The number of fused-ring (bicyclic) bond motifs is 1. The molecule has 1 aromatic carbocycles. The number of para-hydroxylation sites is 1. The molecule has 1 heterocycles. The van der Waals surface area contributed by atoms with E-state index in [1.54, 1.807) is 24.3 Å². The summed E-state index contributed by atoms with van der Waals surface area (Å²) in [5.41, 5.74) is 7.08. The van der Waals surface area contributed by atoms with E-state index in [-0.39, 0.29) is 12.2 Å². The number of hydrogen-bond acceptors (Lipinski definition) is 2. The zero-order valence-corrected chi connectivity index (χ0v) is 10.8. The molecule has 2 aromatic rings. The van der Waals surface area contributed by atoms with Crippen molar-refractivity contribution in [2.75, 3.05) is 19.3 Å². The van der Waals surface area contributed by atoms with Gasteiger partial charge in [0.15, 0.2) is 0 Å². The van der Waals surface area contributed by atoms with Gasteiger partial charge in [0, 0.05) is 19.0 Å². The van der Waals surface area contributed by atoms with Gasteiger partial charge in [-0.05, 0) is 12.1 Å². The van der Waals surface area contributed by atoms with Gasteiger partial charge in [-0.15, -0.1) is 0 Å². The summed E-state index contributed by atoms with van der Waals surface area (Å²) in [5, 5.41) is 0.748. The Morgan fingerprint density at radius 3 is 2.70 bits per heavy atom. The quantitative estimate of drug-likeness (QED) is 0.852. The normalized spacial score (nSPS) is 11.8. The van der Waals surface area contributed by atoms with Crippen LogP contribution in [0.1, 0.15) is 16.9 Å². The Bertz CT molecular complexity index is 633. The van der Waals surface area contributed by atoms with E-state index in [4.69, 9.17) is 5.73 Å². The minimum Gasteiger partial charge on any atom is -0.397 e. The van der Waals surface area contributed by atoms with Crippen molar-refractivity contribution in [2.45, 2.75) is 12.6 Å². The molecule has 1 aromatic heterocycles. The standard InChI is InChI=1S/C13H14F3N3O/c1-19(6-5-13(14,15)16)12(20)10-7-8-3-2-4-9(17)11(8)18-10/h2-4,7,18H,5-6,17H2,1H3. The Balaban J connectivity index is 2.17. The van der Waals surface area contributed by atoms with Gasteiger partial charge in [0.05, 0.1) is 17.6 Å². The van der Waals surface area contributed by atoms with Gasteiger partial charge >= 0.3 is 6.18 Å². The lowest BCUT2D eigenvalue weighted by atomic mass is 10.2. The van der Waals surface area contributed by atoms with Gasteiger partial charge in [0.2, 0.25) is 0 Å². The topological polar surface area (TPSA) is 62.1 Å². The molecule has 0 unspecified atom stereocenters. The van der Waals surface area contributed by atoms with Gasteiger partial charge in [-0.25, -0.2) is 0 Å². The van der Waals surface area contributed by atoms with Gasteiger partial charge in [-0.2, -0.15) is 13.2 Å². The number of benzene rings is 1. The SMILES string of the molecule is CN(CCC(F)(F)F)C(=O)c1cc2cccc(N)c2[nH]1. The molecular weight excluding hydrogens is 271 g/mol. The van der Waals surface area contributed by atoms with Crippen molar-refractivity contribution in [3.8, 4) is 0 Å². The lowest BCUT2D eigenvalue weighted by Crippen LogP contribution is -2.30. The zero-order valence-electron chi connectivity index (χ0n) is 10.8. The Morgan fingerprint density at radius 2 is 2.10 bits per heavy atom. The number of hydrogen-bond donors (Lipinski definition) is 2. The third-order valence-corrected chi connectivity index (χ3v) is 3.00. The molecule has 108 valence electrons. The Labute approximate surface area is 113 Å². The second-order valence-corrected chi connectivity index (χ2v) is 4.59. The molecule has 0 aliphatic carbocycles. The van der Waals surface area contributed by atoms with Crippen LogP contribution in [-0.2, 0) is 0 Å². The van der Waals surface area contributed by atoms with Gasteiger partial charge in [-0.1, -0.05) is 12.1 Å². The van der Waals surface area contributed by atoms with Crippen molar-refractivity contribution in [2.24, 2.45) is 0 Å². The fourth-order valence-corrected chi connectivity index (χ4v) is 1.90. The van der Waals surface area contributed by atoms with Crippen molar-refractivity contribution >= 4 is 22.5 Å². The maximum atomic E-state index is 12.1. The highest BCUT2D eigenvalue weighted by atomic mass is 19.4. The van der Waals surface area contributed by atoms with Gasteiger partial charge in [-0.3, -0.25) is 4.79 Å². The van der Waals surface area contributed by atoms with E-state index in [9.17, 15) is 18.0 Å². The number of nitrogen functional groups attached to an aromatic ring is 1. The molecule has 20 heavy (non-hydrogen) atoms. The van der Waals surface area contributed by atoms with Crippen LogP contribution in [0.2, 0.25) is 0 Å². The minimum absolute atomic E-state index is 0.225. The average Bonchev–Trinajstić information content (AvgIpc) is 2.79. The van der Waals surface area contributed by atoms with Crippen LogP contribution in [0.3, 0.4) is 0 Å². The number of carbonyl (C=O) groups is 1. The summed E-state index contributed by atoms with van der Waals surface area (Å²) >= 11 is 0. The number of halogens is 3. The molecule has 0 saturated carbocycles. The number of anilines is 1. The summed E-state index contributed by atoms with van der Waals surface area (Å²) in [4.78, 5) is 15.9. The molecule has 0 saturated heterocycles. The first kappa shape index (κ1) is 14.2. The first-order chi connectivity index (χ1) is 9.28. The number of nitrogens with one attached hydrogen (secondary N) is 1. The molecule has 4 nitrogen and oxygen atoms in total. The molecule has 0 bridgehead atoms. The van der Waals surface area contributed by atoms with Crippen molar-refractivity contribution in [1.29, 1.82) is 0 Å². The summed E-state index contributed by atoms with van der Waals surface area (Å²) in [5.74, 6) is -0.496. The van der Waals surface area contributed by atoms with E-state index < -0.39 is 18.5 Å². The zero-order chi connectivity index (χ0) is 14.9. The Hall–Kier alpha value is -2.18. The van der Waals surface area contributed by atoms with Gasteiger partial charge in [0.1, 0.15) is 5.69 Å². The first-order valence-corrected chi connectivity index (χ1v) is 5.97. The van der Waals surface area contributed by atoms with Gasteiger partial charge < -0.3 is 15.6 Å². The lowest BCUT2D eigenvalue weighted by molar-refractivity contribution is -0.136. The predicted molar refractivity (Wildman–Crippen MR) is 70.3 cm³/mol. The highest BCUT2D eigenvalue weighted by molar-refractivity contribution is 6.00. The Kier molecular flexibility index (Phi) is 3.61. The summed E-state index contributed by atoms with van der Waals surface area (Å²) in [6.07, 6.45) is -5.31. The molecule has 0 atom stereocenters. The summed E-state index contributed by atoms with van der Waals surface area (Å²) in [6.45, 7) is -0.382. The smallest absolute Gasteiger partial charge is 0.390 e. The third kappa shape index (κ3) is 3.04. The number of nitrogens with zero attached hydrogens (tertiary/aromatic N) is 1. The van der Waals surface area contributed by atoms with E-state index in [0.29, 0.717) is 11.2 Å². The first-order valence-electron chi connectivity index (χ1n) is 5.97. The number of aromatic nitrogens is 1. The molecular formula is C13H14F3N3O. The van der Waals surface area contributed by atoms with Crippen molar-refractivity contribution in [1.82, 2.24) is 9.88 Å². The number of aromatic amines is 1. The van der Waals surface area contributed by atoms with E-state index in [0.717, 1.165) is 10.3 Å². The van der Waals surface area contributed by atoms with Crippen molar-refractivity contribution in [3.05, 3.63) is 30.0 Å². The summed E-state index contributed by atoms with van der Waals surface area (Å²) in [7, 11) is 1.34. The molecule has 0 aliphatic rings. The molecule has 0 aliphatic heterocycles. The van der Waals surface area contributed by atoms with Crippen LogP contribution in [-0.4, -0.2) is 35.6 Å². The van der Waals surface area contributed by atoms with E-state index >= 15 is 0 Å². The van der Waals surface area contributed by atoms with Gasteiger partial charge in [0.25, 0.3) is 5.91 Å². The maximum Gasteiger partial charge on any atom is 0.390 e. The van der Waals surface area contributed by atoms with Crippen LogP contribution in [0.15, 0.2) is 24.3 Å². The minimum atomic E-state index is -4.28. The number of alkyl halides is 3. The van der Waals surface area contributed by atoms with E-state index in [1.165, 1.54) is 7.05 Å². The highest BCUT2D eigenvalue weighted by Crippen LogP contribution is 2.23. The van der Waals surface area contributed by atoms with Crippen LogP contribution in [0, 0.1) is 0 Å². The van der Waals surface area contributed by atoms with Crippen LogP contribution < -0.4 is 5.73 Å². The monoisotopic (exact) mass is 285 g/mol. The average molecular weight is 285 g/mol. The number of rotatable bonds is 3. The van der Waals surface area contributed by atoms with Crippen LogP contribution in [0.5, 0.6) is 0 Å². The summed E-state index contributed by atoms with van der Waals surface area (Å²) < 4.78 is 36.4. The number of amides is 1. The largest absolute Gasteiger partial charge is 0.397 e. The lowest BCUT2D eigenvalue weighted by Gasteiger charge is -2.17. The molecule has 0 radical (unpaired) electrons. The molecule has 0 spiro atoms. The summed E-state index contributed by atoms with van der Waals surface area (Å²) in [6, 6.07) is 6.78. The van der Waals surface area contributed by atoms with E-state index in [1.807, 2.05) is 0 Å². The predicted octanol–water partition coefficient (Wildman–Crippen LogP) is 2.77. The highest BCUT2D eigenvalue weighted by Gasteiger charge is 2.28. The number of nitrogens with two attached hydrogens (primary N) is 1. The Morgan fingerprint density at radius 1 is 1.40 bits per heavy atom.